The van der Waals surface area contributed by atoms with Crippen LogP contribution < -0.4 is 0 Å². The SMILES string of the molecule is CCOC(=O)/C(=N\c1ccccc1)c1cccn1C. The van der Waals surface area contributed by atoms with E-state index in [2.05, 4.69) is 4.99 Å². The zero-order valence-electron chi connectivity index (χ0n) is 11.0. The quantitative estimate of drug-likeness (QED) is 0.623. The molecule has 1 aromatic heterocycles. The van der Waals surface area contributed by atoms with E-state index in [4.69, 9.17) is 4.74 Å². The zero-order chi connectivity index (χ0) is 13.7. The van der Waals surface area contributed by atoms with Crippen molar-refractivity contribution in [1.29, 1.82) is 0 Å². The molecule has 2 aromatic rings. The topological polar surface area (TPSA) is 43.6 Å². The van der Waals surface area contributed by atoms with Gasteiger partial charge in [0.25, 0.3) is 0 Å². The number of benzene rings is 1. The van der Waals surface area contributed by atoms with E-state index in [0.717, 1.165) is 11.4 Å². The summed E-state index contributed by atoms with van der Waals surface area (Å²) >= 11 is 0. The van der Waals surface area contributed by atoms with Gasteiger partial charge in [-0.1, -0.05) is 18.2 Å². The minimum absolute atomic E-state index is 0.320. The number of nitrogens with zero attached hydrogens (tertiary/aromatic N) is 2. The molecule has 0 atom stereocenters. The molecule has 0 radical (unpaired) electrons. The molecule has 0 aliphatic carbocycles. The maximum absolute atomic E-state index is 12.0. The second kappa shape index (κ2) is 6.00. The highest BCUT2D eigenvalue weighted by Gasteiger charge is 2.17. The molecule has 0 saturated carbocycles. The number of hydrogen-bond acceptors (Lipinski definition) is 3. The number of carbonyl (C=O) groups is 1. The standard InChI is InChI=1S/C15H16N2O2/c1-3-19-15(18)14(13-10-7-11-17(13)2)16-12-8-5-4-6-9-12/h4-11H,3H2,1-2H3/b16-14-. The molecule has 0 bridgehead atoms. The summed E-state index contributed by atoms with van der Waals surface area (Å²) < 4.78 is 6.92. The Labute approximate surface area is 112 Å². The maximum Gasteiger partial charge on any atom is 0.359 e. The van der Waals surface area contributed by atoms with Gasteiger partial charge in [0.1, 0.15) is 0 Å². The summed E-state index contributed by atoms with van der Waals surface area (Å²) in [7, 11) is 1.87. The van der Waals surface area contributed by atoms with Crippen LogP contribution in [0.2, 0.25) is 0 Å². The van der Waals surface area contributed by atoms with E-state index in [0.29, 0.717) is 12.3 Å². The largest absolute Gasteiger partial charge is 0.461 e. The lowest BCUT2D eigenvalue weighted by Crippen LogP contribution is -2.21. The van der Waals surface area contributed by atoms with Crippen LogP contribution in [0, 0.1) is 0 Å². The van der Waals surface area contributed by atoms with E-state index in [-0.39, 0.29) is 0 Å². The molecule has 1 aromatic carbocycles. The van der Waals surface area contributed by atoms with Gasteiger partial charge in [-0.05, 0) is 31.2 Å². The predicted octanol–water partition coefficient (Wildman–Crippen LogP) is 2.71. The van der Waals surface area contributed by atoms with Gasteiger partial charge in [-0.15, -0.1) is 0 Å². The zero-order valence-corrected chi connectivity index (χ0v) is 11.0. The molecule has 0 N–H and O–H groups in total. The lowest BCUT2D eigenvalue weighted by atomic mass is 10.2. The minimum Gasteiger partial charge on any atom is -0.461 e. The number of esters is 1. The molecule has 0 spiro atoms. The Morgan fingerprint density at radius 3 is 2.53 bits per heavy atom. The van der Waals surface area contributed by atoms with Crippen LogP contribution >= 0.6 is 0 Å². The molecule has 0 fully saturated rings. The smallest absolute Gasteiger partial charge is 0.359 e. The van der Waals surface area contributed by atoms with Crippen LogP contribution in [0.4, 0.5) is 5.69 Å². The predicted molar refractivity (Wildman–Crippen MR) is 74.7 cm³/mol. The van der Waals surface area contributed by atoms with E-state index in [9.17, 15) is 4.79 Å². The lowest BCUT2D eigenvalue weighted by molar-refractivity contribution is -0.134. The highest BCUT2D eigenvalue weighted by Crippen LogP contribution is 2.14. The summed E-state index contributed by atoms with van der Waals surface area (Å²) in [6.45, 7) is 2.11. The number of rotatable bonds is 4. The van der Waals surface area contributed by atoms with Gasteiger partial charge in [0.15, 0.2) is 5.71 Å². The fourth-order valence-corrected chi connectivity index (χ4v) is 1.75. The second-order valence-electron chi connectivity index (χ2n) is 4.02. The average molecular weight is 256 g/mol. The van der Waals surface area contributed by atoms with E-state index >= 15 is 0 Å². The number of hydrogen-bond donors (Lipinski definition) is 0. The highest BCUT2D eigenvalue weighted by molar-refractivity contribution is 6.43. The molecule has 19 heavy (non-hydrogen) atoms. The van der Waals surface area contributed by atoms with Gasteiger partial charge in [-0.2, -0.15) is 0 Å². The van der Waals surface area contributed by atoms with Gasteiger partial charge in [-0.25, -0.2) is 9.79 Å². The fourth-order valence-electron chi connectivity index (χ4n) is 1.75. The average Bonchev–Trinajstić information content (AvgIpc) is 2.83. The Kier molecular flexibility index (Phi) is 4.13. The summed E-state index contributed by atoms with van der Waals surface area (Å²) in [5, 5.41) is 0. The van der Waals surface area contributed by atoms with Crippen LogP contribution in [0.15, 0.2) is 53.7 Å². The molecule has 1 heterocycles. The first kappa shape index (κ1) is 13.1. The molecule has 0 aliphatic rings. The molecule has 0 aliphatic heterocycles. The van der Waals surface area contributed by atoms with E-state index < -0.39 is 5.97 Å². The van der Waals surface area contributed by atoms with Gasteiger partial charge < -0.3 is 9.30 Å². The van der Waals surface area contributed by atoms with E-state index in [1.165, 1.54) is 0 Å². The van der Waals surface area contributed by atoms with Crippen molar-refractivity contribution < 1.29 is 9.53 Å². The number of ether oxygens (including phenoxy) is 1. The van der Waals surface area contributed by atoms with Crippen molar-refractivity contribution in [2.45, 2.75) is 6.92 Å². The molecule has 0 saturated heterocycles. The van der Waals surface area contributed by atoms with Crippen molar-refractivity contribution in [2.24, 2.45) is 12.0 Å². The third-order valence-corrected chi connectivity index (χ3v) is 2.65. The summed E-state index contributed by atoms with van der Waals surface area (Å²) in [6.07, 6.45) is 1.87. The van der Waals surface area contributed by atoms with Crippen LogP contribution in [-0.4, -0.2) is 22.9 Å². The Hall–Kier alpha value is -2.36. The molecule has 4 nitrogen and oxygen atoms in total. The normalized spacial score (nSPS) is 11.4. The Morgan fingerprint density at radius 2 is 1.95 bits per heavy atom. The summed E-state index contributed by atoms with van der Waals surface area (Å²) in [6, 6.07) is 13.1. The lowest BCUT2D eigenvalue weighted by Gasteiger charge is -2.07. The number of carbonyl (C=O) groups excluding carboxylic acids is 1. The first-order valence-electron chi connectivity index (χ1n) is 6.15. The van der Waals surface area contributed by atoms with Crippen molar-refractivity contribution in [1.82, 2.24) is 4.57 Å². The van der Waals surface area contributed by atoms with Crippen LogP contribution in [0.1, 0.15) is 12.6 Å². The molecule has 98 valence electrons. The monoisotopic (exact) mass is 256 g/mol. The molecule has 4 heteroatoms. The fraction of sp³-hybridized carbons (Fsp3) is 0.200. The highest BCUT2D eigenvalue weighted by atomic mass is 16.5. The minimum atomic E-state index is -0.409. The van der Waals surface area contributed by atoms with Gasteiger partial charge in [-0.3, -0.25) is 0 Å². The molecular weight excluding hydrogens is 240 g/mol. The third-order valence-electron chi connectivity index (χ3n) is 2.65. The Balaban J connectivity index is 2.43. The number of para-hydroxylation sites is 1. The molecule has 0 amide bonds. The molecule has 0 unspecified atom stereocenters. The van der Waals surface area contributed by atoms with Crippen LogP contribution in [0.25, 0.3) is 0 Å². The van der Waals surface area contributed by atoms with Gasteiger partial charge in [0, 0.05) is 13.2 Å². The molecule has 2 rings (SSSR count). The Morgan fingerprint density at radius 1 is 1.21 bits per heavy atom. The van der Waals surface area contributed by atoms with Crippen molar-refractivity contribution in [3.05, 3.63) is 54.4 Å². The summed E-state index contributed by atoms with van der Waals surface area (Å²) in [5.41, 5.74) is 1.79. The summed E-state index contributed by atoms with van der Waals surface area (Å²) in [4.78, 5) is 16.4. The van der Waals surface area contributed by atoms with Crippen LogP contribution in [0.3, 0.4) is 0 Å². The third kappa shape index (κ3) is 3.10. The number of aliphatic imine (C=N–C) groups is 1. The molecular formula is C15H16N2O2. The van der Waals surface area contributed by atoms with Gasteiger partial charge >= 0.3 is 5.97 Å². The van der Waals surface area contributed by atoms with Crippen molar-refractivity contribution in [2.75, 3.05) is 6.61 Å². The van der Waals surface area contributed by atoms with Gasteiger partial charge in [0.05, 0.1) is 18.0 Å². The van der Waals surface area contributed by atoms with Crippen molar-refractivity contribution in [3.8, 4) is 0 Å². The summed E-state index contributed by atoms with van der Waals surface area (Å²) in [5.74, 6) is -0.409. The van der Waals surface area contributed by atoms with Crippen molar-refractivity contribution in [3.63, 3.8) is 0 Å². The van der Waals surface area contributed by atoms with Crippen LogP contribution in [-0.2, 0) is 16.6 Å². The number of aryl methyl sites for hydroxylation is 1. The van der Waals surface area contributed by atoms with Crippen LogP contribution in [0.5, 0.6) is 0 Å². The maximum atomic E-state index is 12.0. The second-order valence-corrected chi connectivity index (χ2v) is 4.02. The first-order valence-corrected chi connectivity index (χ1v) is 6.15. The van der Waals surface area contributed by atoms with Gasteiger partial charge in [0.2, 0.25) is 0 Å². The van der Waals surface area contributed by atoms with E-state index in [1.54, 1.807) is 6.92 Å². The number of aromatic nitrogens is 1. The van der Waals surface area contributed by atoms with Crippen molar-refractivity contribution >= 4 is 17.4 Å². The van der Waals surface area contributed by atoms with E-state index in [1.807, 2.05) is 60.3 Å². The Bertz CT molecular complexity index is 585. The first-order chi connectivity index (χ1) is 9.22.